The van der Waals surface area contributed by atoms with Gasteiger partial charge in [0.25, 0.3) is 5.91 Å². The van der Waals surface area contributed by atoms with Crippen LogP contribution in [-0.4, -0.2) is 33.8 Å². The molecule has 0 N–H and O–H groups in total. The molecular formula is C23H14BrN5O6S. The fraction of sp³-hybridized carbons (Fsp3) is 0.0870. The second-order valence-corrected chi connectivity index (χ2v) is 9.50. The molecule has 0 spiro atoms. The lowest BCUT2D eigenvalue weighted by molar-refractivity contribution is -0.402. The van der Waals surface area contributed by atoms with Gasteiger partial charge in [0.2, 0.25) is 16.9 Å². The predicted molar refractivity (Wildman–Crippen MR) is 135 cm³/mol. The Morgan fingerprint density at radius 2 is 1.86 bits per heavy atom. The molecule has 2 aromatic heterocycles. The zero-order valence-electron chi connectivity index (χ0n) is 18.2. The lowest BCUT2D eigenvalue weighted by Gasteiger charge is -2.16. The highest BCUT2D eigenvalue weighted by Crippen LogP contribution is 2.32. The molecule has 13 heteroatoms. The van der Waals surface area contributed by atoms with Crippen molar-refractivity contribution < 1.29 is 23.7 Å². The van der Waals surface area contributed by atoms with E-state index in [1.165, 1.54) is 53.9 Å². The van der Waals surface area contributed by atoms with Gasteiger partial charge in [-0.25, -0.2) is 4.98 Å². The molecule has 0 bridgehead atoms. The zero-order valence-corrected chi connectivity index (χ0v) is 20.6. The summed E-state index contributed by atoms with van der Waals surface area (Å²) < 4.78 is 6.76. The minimum Gasteiger partial charge on any atom is -0.400 e. The molecule has 5 rings (SSSR count). The van der Waals surface area contributed by atoms with Crippen molar-refractivity contribution in [1.29, 1.82) is 0 Å². The molecule has 1 saturated heterocycles. The second kappa shape index (κ2) is 9.43. The molecule has 36 heavy (non-hydrogen) atoms. The van der Waals surface area contributed by atoms with Crippen LogP contribution in [0.5, 0.6) is 0 Å². The van der Waals surface area contributed by atoms with Gasteiger partial charge in [-0.05, 0) is 48.5 Å². The SMILES string of the molecule is O=C(c1ccc(N2C(=O)CCC2=O)cc1)N(/N=C/c1ccc([N+](=O)[O-])o1)c1nc2ccc(Br)cc2s1. The Labute approximate surface area is 214 Å². The number of hydrogen-bond donors (Lipinski definition) is 0. The number of imide groups is 1. The van der Waals surface area contributed by atoms with Crippen molar-refractivity contribution >= 4 is 78.1 Å². The third-order valence-corrected chi connectivity index (χ3v) is 6.72. The van der Waals surface area contributed by atoms with Crippen LogP contribution in [-0.2, 0) is 9.59 Å². The summed E-state index contributed by atoms with van der Waals surface area (Å²) >= 11 is 4.64. The summed E-state index contributed by atoms with van der Waals surface area (Å²) in [5.41, 5.74) is 1.25. The summed E-state index contributed by atoms with van der Waals surface area (Å²) in [4.78, 5) is 53.3. The van der Waals surface area contributed by atoms with Gasteiger partial charge in [-0.15, -0.1) is 0 Å². The number of halogens is 1. The van der Waals surface area contributed by atoms with E-state index in [1.54, 1.807) is 6.07 Å². The number of anilines is 2. The Balaban J connectivity index is 1.49. The standard InChI is InChI=1S/C23H14BrN5O6S/c24-14-3-7-17-18(11-14)36-23(26-17)28(25-12-16-6-10-21(35-16)29(33)34)22(32)13-1-4-15(5-2-13)27-19(30)8-9-20(27)31/h1-7,10-12H,8-9H2/b25-12+. The van der Waals surface area contributed by atoms with E-state index in [0.29, 0.717) is 11.2 Å². The van der Waals surface area contributed by atoms with Crippen molar-refractivity contribution in [1.82, 2.24) is 4.98 Å². The smallest absolute Gasteiger partial charge is 0.400 e. The van der Waals surface area contributed by atoms with Crippen LogP contribution in [0.15, 0.2) is 68.6 Å². The van der Waals surface area contributed by atoms with Crippen molar-refractivity contribution in [2.45, 2.75) is 12.8 Å². The van der Waals surface area contributed by atoms with Gasteiger partial charge in [-0.2, -0.15) is 10.1 Å². The van der Waals surface area contributed by atoms with Crippen LogP contribution < -0.4 is 9.91 Å². The van der Waals surface area contributed by atoms with Crippen molar-refractivity contribution in [3.8, 4) is 0 Å². The van der Waals surface area contributed by atoms with E-state index in [1.807, 2.05) is 12.1 Å². The van der Waals surface area contributed by atoms with Crippen molar-refractivity contribution in [2.24, 2.45) is 5.10 Å². The highest BCUT2D eigenvalue weighted by molar-refractivity contribution is 9.10. The van der Waals surface area contributed by atoms with Crippen LogP contribution in [0, 0.1) is 10.1 Å². The Hall–Kier alpha value is -4.23. The molecule has 0 atom stereocenters. The third kappa shape index (κ3) is 4.53. The molecule has 3 heterocycles. The Morgan fingerprint density at radius 3 is 2.53 bits per heavy atom. The number of benzene rings is 2. The number of nitrogens with zero attached hydrogens (tertiary/aromatic N) is 5. The van der Waals surface area contributed by atoms with E-state index in [9.17, 15) is 24.5 Å². The fourth-order valence-corrected chi connectivity index (χ4v) is 5.00. The summed E-state index contributed by atoms with van der Waals surface area (Å²) in [5, 5.41) is 16.4. The van der Waals surface area contributed by atoms with Crippen molar-refractivity contribution in [3.05, 3.63) is 80.5 Å². The number of aromatic nitrogens is 1. The van der Waals surface area contributed by atoms with E-state index < -0.39 is 16.7 Å². The highest BCUT2D eigenvalue weighted by Gasteiger charge is 2.30. The minimum atomic E-state index is -0.678. The number of carbonyl (C=O) groups is 3. The van der Waals surface area contributed by atoms with Gasteiger partial charge in [0, 0.05) is 22.9 Å². The number of hydrogen-bond acceptors (Lipinski definition) is 9. The number of fused-ring (bicyclic) bond motifs is 1. The highest BCUT2D eigenvalue weighted by atomic mass is 79.9. The summed E-state index contributed by atoms with van der Waals surface area (Å²) in [6.45, 7) is 0. The Morgan fingerprint density at radius 1 is 1.14 bits per heavy atom. The number of carbonyl (C=O) groups excluding carboxylic acids is 3. The molecule has 0 radical (unpaired) electrons. The maximum Gasteiger partial charge on any atom is 0.433 e. The largest absolute Gasteiger partial charge is 0.433 e. The van der Waals surface area contributed by atoms with Gasteiger partial charge in [-0.1, -0.05) is 27.3 Å². The molecule has 2 aromatic carbocycles. The topological polar surface area (TPSA) is 139 Å². The van der Waals surface area contributed by atoms with E-state index in [-0.39, 0.29) is 41.1 Å². The average Bonchev–Trinajstić information content (AvgIpc) is 3.58. The number of rotatable bonds is 6. The number of hydrazone groups is 1. The van der Waals surface area contributed by atoms with Gasteiger partial charge in [0.15, 0.2) is 5.76 Å². The molecule has 0 aliphatic carbocycles. The van der Waals surface area contributed by atoms with Crippen LogP contribution in [0.3, 0.4) is 0 Å². The molecular weight excluding hydrogens is 554 g/mol. The maximum atomic E-state index is 13.5. The van der Waals surface area contributed by atoms with Gasteiger partial charge in [-0.3, -0.25) is 29.4 Å². The lowest BCUT2D eigenvalue weighted by atomic mass is 10.2. The Kier molecular flexibility index (Phi) is 6.16. The van der Waals surface area contributed by atoms with Crippen molar-refractivity contribution in [3.63, 3.8) is 0 Å². The second-order valence-electron chi connectivity index (χ2n) is 7.57. The molecule has 180 valence electrons. The molecule has 1 fully saturated rings. The third-order valence-electron chi connectivity index (χ3n) is 5.23. The van der Waals surface area contributed by atoms with E-state index in [0.717, 1.165) is 19.1 Å². The molecule has 1 aliphatic heterocycles. The molecule has 0 unspecified atom stereocenters. The molecule has 11 nitrogen and oxygen atoms in total. The van der Waals surface area contributed by atoms with Crippen molar-refractivity contribution in [2.75, 3.05) is 9.91 Å². The zero-order chi connectivity index (χ0) is 25.4. The van der Waals surface area contributed by atoms with Gasteiger partial charge in [0.05, 0.1) is 28.2 Å². The first-order valence-corrected chi connectivity index (χ1v) is 12.1. The van der Waals surface area contributed by atoms with Crippen LogP contribution in [0.25, 0.3) is 10.2 Å². The van der Waals surface area contributed by atoms with Crippen LogP contribution in [0.4, 0.5) is 16.7 Å². The summed E-state index contributed by atoms with van der Waals surface area (Å²) in [6, 6.07) is 14.0. The molecule has 0 saturated carbocycles. The number of thiazole rings is 1. The first-order chi connectivity index (χ1) is 17.3. The Bertz CT molecular complexity index is 1540. The van der Waals surface area contributed by atoms with Crippen LogP contribution in [0.1, 0.15) is 29.0 Å². The summed E-state index contributed by atoms with van der Waals surface area (Å²) in [5.74, 6) is -1.52. The molecule has 3 amide bonds. The minimum absolute atomic E-state index is 0.0739. The lowest BCUT2D eigenvalue weighted by Crippen LogP contribution is -2.29. The molecule has 4 aromatic rings. The fourth-order valence-electron chi connectivity index (χ4n) is 3.53. The normalized spacial score (nSPS) is 13.8. The van der Waals surface area contributed by atoms with Gasteiger partial charge < -0.3 is 4.42 Å². The maximum absolute atomic E-state index is 13.5. The number of furan rings is 1. The summed E-state index contributed by atoms with van der Waals surface area (Å²) in [6.07, 6.45) is 1.49. The first kappa shape index (κ1) is 23.5. The van der Waals surface area contributed by atoms with Crippen LogP contribution >= 0.6 is 27.3 Å². The first-order valence-electron chi connectivity index (χ1n) is 10.4. The van der Waals surface area contributed by atoms with Crippen LogP contribution in [0.2, 0.25) is 0 Å². The van der Waals surface area contributed by atoms with Gasteiger partial charge in [0.1, 0.15) is 4.92 Å². The quantitative estimate of drug-likeness (QED) is 0.140. The molecule has 1 aliphatic rings. The average molecular weight is 568 g/mol. The number of amides is 3. The van der Waals surface area contributed by atoms with E-state index in [2.05, 4.69) is 26.0 Å². The van der Waals surface area contributed by atoms with E-state index in [4.69, 9.17) is 4.42 Å². The predicted octanol–water partition coefficient (Wildman–Crippen LogP) is 4.89. The number of nitro groups is 1. The van der Waals surface area contributed by atoms with Gasteiger partial charge >= 0.3 is 5.88 Å². The summed E-state index contributed by atoms with van der Waals surface area (Å²) in [7, 11) is 0. The van der Waals surface area contributed by atoms with E-state index >= 15 is 0 Å². The monoisotopic (exact) mass is 567 g/mol.